The fraction of sp³-hybridized carbons (Fsp3) is 0.500. The smallest absolute Gasteiger partial charge is 0.326 e. The first-order chi connectivity index (χ1) is 12.6. The number of pyridine rings is 1. The van der Waals surface area contributed by atoms with E-state index in [1.165, 1.54) is 0 Å². The van der Waals surface area contributed by atoms with Crippen LogP contribution in [0.25, 0.3) is 0 Å². The van der Waals surface area contributed by atoms with E-state index in [9.17, 15) is 14.7 Å². The maximum atomic E-state index is 13.0. The summed E-state index contributed by atoms with van der Waals surface area (Å²) in [5.74, 6) is -0.995. The van der Waals surface area contributed by atoms with Gasteiger partial charge in [-0.3, -0.25) is 9.78 Å². The Kier molecular flexibility index (Phi) is 4.40. The molecule has 3 heterocycles. The number of hydrogen-bond donors (Lipinski definition) is 1. The summed E-state index contributed by atoms with van der Waals surface area (Å²) in [4.78, 5) is 30.5. The van der Waals surface area contributed by atoms with Gasteiger partial charge in [0.1, 0.15) is 6.04 Å². The van der Waals surface area contributed by atoms with Crippen LogP contribution < -0.4 is 0 Å². The van der Waals surface area contributed by atoms with Crippen molar-refractivity contribution in [1.29, 1.82) is 0 Å². The molecule has 0 radical (unpaired) electrons. The lowest BCUT2D eigenvalue weighted by atomic mass is 9.84. The lowest BCUT2D eigenvalue weighted by Gasteiger charge is -2.32. The molecule has 2 aliphatic rings. The van der Waals surface area contributed by atoms with Gasteiger partial charge in [-0.1, -0.05) is 24.1 Å². The third-order valence-electron chi connectivity index (χ3n) is 5.42. The second-order valence-electron chi connectivity index (χ2n) is 7.04. The van der Waals surface area contributed by atoms with E-state index in [-0.39, 0.29) is 23.6 Å². The molecule has 1 aliphatic heterocycles. The van der Waals surface area contributed by atoms with Gasteiger partial charge in [0.05, 0.1) is 18.4 Å². The molecule has 136 valence electrons. The molecule has 1 aliphatic carbocycles. The molecule has 4 rings (SSSR count). The predicted octanol–water partition coefficient (Wildman–Crippen LogP) is 1.58. The predicted molar refractivity (Wildman–Crippen MR) is 91.3 cm³/mol. The molecule has 8 nitrogen and oxygen atoms in total. The van der Waals surface area contributed by atoms with E-state index in [1.807, 2.05) is 18.2 Å². The number of hydrogen-bond acceptors (Lipinski definition) is 5. The van der Waals surface area contributed by atoms with Crippen molar-refractivity contribution in [2.75, 3.05) is 0 Å². The number of carboxylic acids is 1. The molecule has 1 saturated heterocycles. The van der Waals surface area contributed by atoms with Crippen LogP contribution in [0.2, 0.25) is 0 Å². The summed E-state index contributed by atoms with van der Waals surface area (Å²) in [5, 5.41) is 17.6. The van der Waals surface area contributed by atoms with Crippen molar-refractivity contribution < 1.29 is 14.7 Å². The van der Waals surface area contributed by atoms with Crippen LogP contribution >= 0.6 is 0 Å². The molecule has 0 aromatic carbocycles. The Balaban J connectivity index is 1.55. The average molecular weight is 355 g/mol. The van der Waals surface area contributed by atoms with E-state index < -0.39 is 12.0 Å². The molecular formula is C18H21N5O3. The van der Waals surface area contributed by atoms with Crippen LogP contribution in [0.4, 0.5) is 0 Å². The average Bonchev–Trinajstić information content (AvgIpc) is 3.26. The fourth-order valence-corrected chi connectivity index (χ4v) is 4.24. The van der Waals surface area contributed by atoms with Crippen LogP contribution in [0.15, 0.2) is 30.6 Å². The highest BCUT2D eigenvalue weighted by Crippen LogP contribution is 2.40. The highest BCUT2D eigenvalue weighted by Gasteiger charge is 2.48. The van der Waals surface area contributed by atoms with Gasteiger partial charge in [0.2, 0.25) is 0 Å². The Morgan fingerprint density at radius 3 is 2.85 bits per heavy atom. The lowest BCUT2D eigenvalue weighted by Crippen LogP contribution is -2.46. The summed E-state index contributed by atoms with van der Waals surface area (Å²) >= 11 is 0. The molecule has 3 unspecified atom stereocenters. The van der Waals surface area contributed by atoms with Gasteiger partial charge in [0, 0.05) is 12.2 Å². The third-order valence-corrected chi connectivity index (χ3v) is 5.42. The Labute approximate surface area is 150 Å². The van der Waals surface area contributed by atoms with E-state index in [0.717, 1.165) is 31.4 Å². The number of fused-ring (bicyclic) bond motifs is 1. The Morgan fingerprint density at radius 1 is 1.23 bits per heavy atom. The van der Waals surface area contributed by atoms with E-state index in [4.69, 9.17) is 0 Å². The summed E-state index contributed by atoms with van der Waals surface area (Å²) < 4.78 is 1.56. The molecule has 2 aromatic heterocycles. The molecule has 1 amide bonds. The molecule has 3 atom stereocenters. The quantitative estimate of drug-likeness (QED) is 0.893. The third kappa shape index (κ3) is 3.07. The number of likely N-dealkylation sites (tertiary alicyclic amines) is 1. The van der Waals surface area contributed by atoms with E-state index >= 15 is 0 Å². The highest BCUT2D eigenvalue weighted by atomic mass is 16.4. The number of aromatic nitrogens is 4. The van der Waals surface area contributed by atoms with Crippen LogP contribution in [-0.4, -0.2) is 53.9 Å². The van der Waals surface area contributed by atoms with Crippen molar-refractivity contribution in [2.24, 2.45) is 5.92 Å². The minimum absolute atomic E-state index is 0.00158. The topological polar surface area (TPSA) is 101 Å². The summed E-state index contributed by atoms with van der Waals surface area (Å²) in [7, 11) is 0. The van der Waals surface area contributed by atoms with Gasteiger partial charge < -0.3 is 10.0 Å². The minimum Gasteiger partial charge on any atom is -0.480 e. The first-order valence-corrected chi connectivity index (χ1v) is 8.99. The van der Waals surface area contributed by atoms with Crippen LogP contribution in [0.1, 0.15) is 48.3 Å². The molecule has 8 heteroatoms. The minimum atomic E-state index is -0.936. The summed E-state index contributed by atoms with van der Waals surface area (Å²) in [6, 6.07) is 4.82. The number of amides is 1. The zero-order valence-electron chi connectivity index (χ0n) is 14.4. The molecular weight excluding hydrogens is 334 g/mol. The largest absolute Gasteiger partial charge is 0.480 e. The normalized spacial score (nSPS) is 25.1. The second kappa shape index (κ2) is 6.86. The lowest BCUT2D eigenvalue weighted by molar-refractivity contribution is -0.141. The highest BCUT2D eigenvalue weighted by molar-refractivity contribution is 5.95. The monoisotopic (exact) mass is 355 g/mol. The number of nitrogens with zero attached hydrogens (tertiary/aromatic N) is 5. The van der Waals surface area contributed by atoms with Gasteiger partial charge >= 0.3 is 5.97 Å². The first-order valence-electron chi connectivity index (χ1n) is 8.99. The standard InChI is InChI=1S/C18H21N5O3/c24-17(14-11-22(21-20-14)10-13-6-3-4-8-19-13)23-15-7-2-1-5-12(15)9-16(23)18(25)26/h3-4,6,8,11-12,15-16H,1-2,5,7,9-10H2,(H,25,26). The molecule has 2 fully saturated rings. The van der Waals surface area contributed by atoms with Gasteiger partial charge in [-0.2, -0.15) is 0 Å². The summed E-state index contributed by atoms with van der Waals surface area (Å²) in [6.45, 7) is 0.412. The van der Waals surface area contributed by atoms with Gasteiger partial charge in [-0.25, -0.2) is 9.48 Å². The zero-order valence-corrected chi connectivity index (χ0v) is 14.4. The Morgan fingerprint density at radius 2 is 2.08 bits per heavy atom. The summed E-state index contributed by atoms with van der Waals surface area (Å²) in [5.41, 5.74) is 1.01. The zero-order chi connectivity index (χ0) is 18.1. The van der Waals surface area contributed by atoms with Crippen LogP contribution in [0.3, 0.4) is 0 Å². The van der Waals surface area contributed by atoms with Crippen molar-refractivity contribution in [1.82, 2.24) is 24.9 Å². The maximum absolute atomic E-state index is 13.0. The molecule has 2 aromatic rings. The van der Waals surface area contributed by atoms with Crippen molar-refractivity contribution in [3.05, 3.63) is 42.0 Å². The SMILES string of the molecule is O=C(O)C1CC2CCCCC2N1C(=O)c1cn(Cc2ccccn2)nn1. The number of carbonyl (C=O) groups excluding carboxylic acids is 1. The van der Waals surface area contributed by atoms with Crippen molar-refractivity contribution in [2.45, 2.75) is 50.7 Å². The molecule has 0 spiro atoms. The van der Waals surface area contributed by atoms with Crippen LogP contribution in [0, 0.1) is 5.92 Å². The number of carbonyl (C=O) groups is 2. The first kappa shape index (κ1) is 16.7. The van der Waals surface area contributed by atoms with E-state index in [2.05, 4.69) is 15.3 Å². The number of carboxylic acid groups (broad SMARTS) is 1. The van der Waals surface area contributed by atoms with E-state index in [1.54, 1.807) is 22.0 Å². The number of rotatable bonds is 4. The van der Waals surface area contributed by atoms with Crippen molar-refractivity contribution in [3.63, 3.8) is 0 Å². The van der Waals surface area contributed by atoms with E-state index in [0.29, 0.717) is 13.0 Å². The molecule has 1 N–H and O–H groups in total. The summed E-state index contributed by atoms with van der Waals surface area (Å²) in [6.07, 6.45) is 7.80. The maximum Gasteiger partial charge on any atom is 0.326 e. The molecule has 1 saturated carbocycles. The van der Waals surface area contributed by atoms with Crippen LogP contribution in [0.5, 0.6) is 0 Å². The Hall–Kier alpha value is -2.77. The second-order valence-corrected chi connectivity index (χ2v) is 7.04. The van der Waals surface area contributed by atoms with Gasteiger partial charge in [-0.15, -0.1) is 5.10 Å². The van der Waals surface area contributed by atoms with Gasteiger partial charge in [0.25, 0.3) is 5.91 Å². The van der Waals surface area contributed by atoms with Gasteiger partial charge in [-0.05, 0) is 37.3 Å². The van der Waals surface area contributed by atoms with Crippen LogP contribution in [-0.2, 0) is 11.3 Å². The molecule has 0 bridgehead atoms. The van der Waals surface area contributed by atoms with Crippen molar-refractivity contribution in [3.8, 4) is 0 Å². The Bertz CT molecular complexity index is 806. The van der Waals surface area contributed by atoms with Crippen molar-refractivity contribution >= 4 is 11.9 Å². The number of aliphatic carboxylic acids is 1. The molecule has 26 heavy (non-hydrogen) atoms. The fourth-order valence-electron chi connectivity index (χ4n) is 4.24. The van der Waals surface area contributed by atoms with Gasteiger partial charge in [0.15, 0.2) is 5.69 Å².